The van der Waals surface area contributed by atoms with E-state index >= 15 is 0 Å². The van der Waals surface area contributed by atoms with Crippen LogP contribution in [0.15, 0.2) is 17.5 Å². The summed E-state index contributed by atoms with van der Waals surface area (Å²) in [6.45, 7) is 2.78. The fourth-order valence-electron chi connectivity index (χ4n) is 2.35. The van der Waals surface area contributed by atoms with Gasteiger partial charge in [0.1, 0.15) is 10.7 Å². The normalized spacial score (nSPS) is 17.0. The fourth-order valence-corrected chi connectivity index (χ4v) is 4.26. The highest BCUT2D eigenvalue weighted by atomic mass is 35.5. The van der Waals surface area contributed by atoms with E-state index in [1.54, 1.807) is 5.38 Å². The van der Waals surface area contributed by atoms with Crippen molar-refractivity contribution in [3.05, 3.63) is 27.5 Å². The van der Waals surface area contributed by atoms with Gasteiger partial charge in [-0.1, -0.05) is 11.6 Å². The van der Waals surface area contributed by atoms with E-state index in [-0.39, 0.29) is 30.7 Å². The first kappa shape index (κ1) is 20.7. The maximum absolute atomic E-state index is 12.1. The van der Waals surface area contributed by atoms with Gasteiger partial charge in [0.05, 0.1) is 9.21 Å². The Kier molecular flexibility index (Phi) is 8.82. The number of aromatic nitrogens is 1. The van der Waals surface area contributed by atoms with Gasteiger partial charge in [-0.3, -0.25) is 4.79 Å². The molecule has 1 unspecified atom stereocenters. The van der Waals surface area contributed by atoms with Crippen LogP contribution < -0.4 is 10.6 Å². The first-order valence-corrected chi connectivity index (χ1v) is 9.00. The second kappa shape index (κ2) is 9.81. The third-order valence-corrected chi connectivity index (χ3v) is 5.71. The Labute approximate surface area is 160 Å². The molecular weight excluding hydrogens is 397 g/mol. The molecule has 3 heterocycles. The van der Waals surface area contributed by atoms with Gasteiger partial charge in [0.2, 0.25) is 0 Å². The molecule has 2 aromatic rings. The average molecular weight is 415 g/mol. The predicted octanol–water partition coefficient (Wildman–Crippen LogP) is 4.10. The number of halogens is 3. The average Bonchev–Trinajstić information content (AvgIpc) is 3.14. The number of rotatable bonds is 4. The number of hydrogen-bond donors (Lipinski definition) is 2. The number of thiophene rings is 1. The summed E-state index contributed by atoms with van der Waals surface area (Å²) in [6, 6.07) is 3.78. The Hall–Kier alpha value is -0.370. The van der Waals surface area contributed by atoms with E-state index in [0.29, 0.717) is 18.2 Å². The van der Waals surface area contributed by atoms with Crippen LogP contribution in [0.25, 0.3) is 9.88 Å². The molecular formula is C14H18Cl3N3OS2. The molecule has 2 N–H and O–H groups in total. The molecule has 1 aliphatic heterocycles. The molecule has 1 amide bonds. The van der Waals surface area contributed by atoms with Crippen LogP contribution in [0.3, 0.4) is 0 Å². The number of carbonyl (C=O) groups is 1. The number of amides is 1. The minimum absolute atomic E-state index is 0. The van der Waals surface area contributed by atoms with E-state index < -0.39 is 0 Å². The number of nitrogens with zero attached hydrogens (tertiary/aromatic N) is 1. The topological polar surface area (TPSA) is 54.0 Å². The van der Waals surface area contributed by atoms with E-state index in [0.717, 1.165) is 27.3 Å². The first-order valence-electron chi connectivity index (χ1n) is 6.92. The summed E-state index contributed by atoms with van der Waals surface area (Å²) in [5.41, 5.74) is 0.489. The van der Waals surface area contributed by atoms with Gasteiger partial charge in [0.15, 0.2) is 0 Å². The molecule has 0 spiro atoms. The fraction of sp³-hybridized carbons (Fsp3) is 0.429. The Balaban J connectivity index is 0.00000132. The zero-order chi connectivity index (χ0) is 14.7. The monoisotopic (exact) mass is 413 g/mol. The second-order valence-corrected chi connectivity index (χ2v) is 7.64. The number of thiazole rings is 1. The molecule has 1 atom stereocenters. The summed E-state index contributed by atoms with van der Waals surface area (Å²) in [6.07, 6.45) is 2.35. The molecule has 0 aromatic carbocycles. The molecule has 9 heteroatoms. The van der Waals surface area contributed by atoms with E-state index in [1.165, 1.54) is 35.5 Å². The predicted molar refractivity (Wildman–Crippen MR) is 103 cm³/mol. The highest BCUT2D eigenvalue weighted by molar-refractivity contribution is 7.23. The lowest BCUT2D eigenvalue weighted by Crippen LogP contribution is -2.38. The second-order valence-electron chi connectivity index (χ2n) is 5.06. The molecule has 128 valence electrons. The number of nitrogens with one attached hydrogen (secondary N) is 2. The number of carbonyl (C=O) groups excluding carboxylic acids is 1. The van der Waals surface area contributed by atoms with Gasteiger partial charge in [-0.05, 0) is 44.0 Å². The van der Waals surface area contributed by atoms with Crippen molar-refractivity contribution in [3.63, 3.8) is 0 Å². The minimum Gasteiger partial charge on any atom is -0.350 e. The van der Waals surface area contributed by atoms with Gasteiger partial charge in [-0.2, -0.15) is 0 Å². The van der Waals surface area contributed by atoms with E-state index in [9.17, 15) is 4.79 Å². The van der Waals surface area contributed by atoms with Gasteiger partial charge in [0.25, 0.3) is 5.91 Å². The molecule has 0 radical (unpaired) electrons. The van der Waals surface area contributed by atoms with Gasteiger partial charge in [-0.25, -0.2) is 4.98 Å². The van der Waals surface area contributed by atoms with Crippen LogP contribution in [0.1, 0.15) is 23.3 Å². The van der Waals surface area contributed by atoms with Gasteiger partial charge >= 0.3 is 0 Å². The quantitative estimate of drug-likeness (QED) is 0.792. The molecule has 3 rings (SSSR count). The molecule has 1 fully saturated rings. The number of piperidine rings is 1. The first-order chi connectivity index (χ1) is 10.2. The van der Waals surface area contributed by atoms with Crippen molar-refractivity contribution in [1.82, 2.24) is 15.6 Å². The van der Waals surface area contributed by atoms with Crippen LogP contribution in [0.2, 0.25) is 4.34 Å². The third kappa shape index (κ3) is 5.59. The van der Waals surface area contributed by atoms with Gasteiger partial charge < -0.3 is 10.6 Å². The van der Waals surface area contributed by atoms with Crippen molar-refractivity contribution < 1.29 is 4.79 Å². The third-order valence-electron chi connectivity index (χ3n) is 3.47. The van der Waals surface area contributed by atoms with E-state index in [2.05, 4.69) is 15.6 Å². The largest absolute Gasteiger partial charge is 0.350 e. The van der Waals surface area contributed by atoms with Crippen molar-refractivity contribution in [3.8, 4) is 9.88 Å². The zero-order valence-corrected chi connectivity index (χ0v) is 16.2. The standard InChI is InChI=1S/C14H16ClN3OS2.2ClH/c15-12-4-3-11(21-12)14-18-10(8-20-14)13(19)17-7-9-2-1-5-16-6-9;;/h3-4,8-9,16H,1-2,5-7H2,(H,17,19);2*1H. The van der Waals surface area contributed by atoms with Crippen LogP contribution in [0.4, 0.5) is 0 Å². The van der Waals surface area contributed by atoms with Crippen LogP contribution in [-0.2, 0) is 0 Å². The smallest absolute Gasteiger partial charge is 0.270 e. The molecule has 1 saturated heterocycles. The summed E-state index contributed by atoms with van der Waals surface area (Å²) in [4.78, 5) is 17.5. The lowest BCUT2D eigenvalue weighted by Gasteiger charge is -2.22. The van der Waals surface area contributed by atoms with Crippen LogP contribution in [-0.4, -0.2) is 30.5 Å². The maximum Gasteiger partial charge on any atom is 0.270 e. The van der Waals surface area contributed by atoms with Crippen molar-refractivity contribution in [2.24, 2.45) is 5.92 Å². The summed E-state index contributed by atoms with van der Waals surface area (Å²) in [5, 5.41) is 8.98. The van der Waals surface area contributed by atoms with Crippen LogP contribution in [0.5, 0.6) is 0 Å². The Morgan fingerprint density at radius 1 is 1.43 bits per heavy atom. The highest BCUT2D eigenvalue weighted by Gasteiger charge is 2.16. The summed E-state index contributed by atoms with van der Waals surface area (Å²) < 4.78 is 0.732. The number of hydrogen-bond acceptors (Lipinski definition) is 5. The Morgan fingerprint density at radius 3 is 2.91 bits per heavy atom. The Morgan fingerprint density at radius 2 is 2.26 bits per heavy atom. The molecule has 1 aliphatic rings. The minimum atomic E-state index is -0.0919. The lowest BCUT2D eigenvalue weighted by molar-refractivity contribution is 0.0940. The van der Waals surface area contributed by atoms with Gasteiger partial charge in [-0.15, -0.1) is 47.5 Å². The van der Waals surface area contributed by atoms with E-state index in [1.807, 2.05) is 12.1 Å². The Bertz CT molecular complexity index is 626. The van der Waals surface area contributed by atoms with Crippen molar-refractivity contribution in [2.75, 3.05) is 19.6 Å². The lowest BCUT2D eigenvalue weighted by atomic mass is 10.00. The molecule has 0 bridgehead atoms. The van der Waals surface area contributed by atoms with Crippen molar-refractivity contribution in [1.29, 1.82) is 0 Å². The maximum atomic E-state index is 12.1. The SMILES string of the molecule is Cl.Cl.O=C(NCC1CCCNC1)c1csc(-c2ccc(Cl)s2)n1. The van der Waals surface area contributed by atoms with Crippen LogP contribution in [0, 0.1) is 5.92 Å². The molecule has 0 aliphatic carbocycles. The highest BCUT2D eigenvalue weighted by Crippen LogP contribution is 2.32. The zero-order valence-electron chi connectivity index (χ0n) is 12.2. The van der Waals surface area contributed by atoms with Crippen LogP contribution >= 0.6 is 59.1 Å². The summed E-state index contributed by atoms with van der Waals surface area (Å²) in [5.74, 6) is 0.433. The molecule has 4 nitrogen and oxygen atoms in total. The van der Waals surface area contributed by atoms with E-state index in [4.69, 9.17) is 11.6 Å². The summed E-state index contributed by atoms with van der Waals surface area (Å²) >= 11 is 8.87. The molecule has 23 heavy (non-hydrogen) atoms. The van der Waals surface area contributed by atoms with Crippen molar-refractivity contribution in [2.45, 2.75) is 12.8 Å². The van der Waals surface area contributed by atoms with Crippen molar-refractivity contribution >= 4 is 65.0 Å². The van der Waals surface area contributed by atoms with Gasteiger partial charge in [0, 0.05) is 11.9 Å². The summed E-state index contributed by atoms with van der Waals surface area (Å²) in [7, 11) is 0. The molecule has 2 aromatic heterocycles. The molecule has 0 saturated carbocycles.